The number of carbonyl (C=O) groups is 3. The highest BCUT2D eigenvalue weighted by Gasteiger charge is 2.56. The lowest BCUT2D eigenvalue weighted by Gasteiger charge is -2.31. The zero-order chi connectivity index (χ0) is 33.1. The van der Waals surface area contributed by atoms with Gasteiger partial charge in [0.05, 0.1) is 27.9 Å². The second-order valence-corrected chi connectivity index (χ2v) is 14.6. The number of thiazole rings is 1. The largest absolute Gasteiger partial charge is 0.418 e. The molecule has 3 aromatic carbocycles. The summed E-state index contributed by atoms with van der Waals surface area (Å²) >= 11 is 1.93. The summed E-state index contributed by atoms with van der Waals surface area (Å²) in [6.07, 6.45) is -4.69. The number of imide groups is 1. The van der Waals surface area contributed by atoms with Gasteiger partial charge in [-0.2, -0.15) is 13.2 Å². The molecule has 4 aromatic rings. The lowest BCUT2D eigenvalue weighted by atomic mass is 9.81. The highest BCUT2D eigenvalue weighted by Crippen LogP contribution is 2.54. The zero-order valence-electron chi connectivity index (χ0n) is 25.3. The number of nitrogens with one attached hydrogen (secondary N) is 1. The summed E-state index contributed by atoms with van der Waals surface area (Å²) in [5.74, 6) is -3.11. The van der Waals surface area contributed by atoms with Gasteiger partial charge < -0.3 is 5.32 Å². The molecule has 1 aromatic heterocycles. The van der Waals surface area contributed by atoms with E-state index >= 15 is 0 Å². The maximum Gasteiger partial charge on any atom is 0.418 e. The molecular formula is C34H30F3N3O4S2. The first kappa shape index (κ1) is 31.8. The molecule has 1 fully saturated rings. The van der Waals surface area contributed by atoms with Gasteiger partial charge in [-0.1, -0.05) is 98.0 Å². The third kappa shape index (κ3) is 5.68. The molecule has 7 nitrogen and oxygen atoms in total. The summed E-state index contributed by atoms with van der Waals surface area (Å²) in [6.45, 7) is 7.57. The summed E-state index contributed by atoms with van der Waals surface area (Å²) in [6, 6.07) is 19.4. The van der Waals surface area contributed by atoms with Gasteiger partial charge in [0.1, 0.15) is 11.8 Å². The number of carbonyl (C=O) groups excluding carboxylic acids is 3. The first-order chi connectivity index (χ1) is 21.6. The van der Waals surface area contributed by atoms with Crippen molar-refractivity contribution in [3.05, 3.63) is 110 Å². The number of rotatable bonds is 5. The minimum Gasteiger partial charge on any atom is -0.324 e. The van der Waals surface area contributed by atoms with E-state index in [0.29, 0.717) is 15.6 Å². The Hall–Kier alpha value is -4.16. The third-order valence-electron chi connectivity index (χ3n) is 8.29. The van der Waals surface area contributed by atoms with Crippen LogP contribution in [0.1, 0.15) is 53.8 Å². The summed E-state index contributed by atoms with van der Waals surface area (Å²) < 4.78 is 41.9. The lowest BCUT2D eigenvalue weighted by molar-refractivity contribution is -0.137. The Bertz CT molecular complexity index is 1910. The van der Waals surface area contributed by atoms with Gasteiger partial charge in [-0.05, 0) is 47.7 Å². The van der Waals surface area contributed by atoms with Gasteiger partial charge in [0.2, 0.25) is 17.7 Å². The number of para-hydroxylation sites is 1. The number of hydrogen-bond acceptors (Lipinski definition) is 6. The molecule has 1 N–H and O–H groups in total. The van der Waals surface area contributed by atoms with Gasteiger partial charge in [-0.25, -0.2) is 4.90 Å². The Morgan fingerprint density at radius 3 is 2.17 bits per heavy atom. The molecule has 0 aliphatic carbocycles. The first-order valence-electron chi connectivity index (χ1n) is 14.6. The molecule has 12 heteroatoms. The molecule has 46 heavy (non-hydrogen) atoms. The van der Waals surface area contributed by atoms with Crippen LogP contribution in [0, 0.1) is 12.8 Å². The molecule has 2 unspecified atom stereocenters. The van der Waals surface area contributed by atoms with Crippen molar-refractivity contribution >= 4 is 52.2 Å². The van der Waals surface area contributed by atoms with E-state index in [4.69, 9.17) is 0 Å². The number of aryl methyl sites for hydroxylation is 1. The number of hydrogen-bond donors (Lipinski definition) is 1. The maximum absolute atomic E-state index is 14.1. The minimum absolute atomic E-state index is 0.137. The van der Waals surface area contributed by atoms with Crippen LogP contribution in [0.15, 0.2) is 82.6 Å². The predicted molar refractivity (Wildman–Crippen MR) is 172 cm³/mol. The number of fused-ring (bicyclic) bond motifs is 2. The van der Waals surface area contributed by atoms with Crippen molar-refractivity contribution in [2.45, 2.75) is 62.0 Å². The second kappa shape index (κ2) is 11.6. The molecule has 2 aliphatic rings. The number of thioether (sulfide) groups is 1. The van der Waals surface area contributed by atoms with E-state index in [-0.39, 0.29) is 11.3 Å². The van der Waals surface area contributed by atoms with Gasteiger partial charge in [0.15, 0.2) is 0 Å². The van der Waals surface area contributed by atoms with Gasteiger partial charge in [0, 0.05) is 10.8 Å². The van der Waals surface area contributed by atoms with E-state index in [1.807, 2.05) is 43.3 Å². The predicted octanol–water partition coefficient (Wildman–Crippen LogP) is 6.97. The van der Waals surface area contributed by atoms with E-state index in [9.17, 15) is 32.3 Å². The monoisotopic (exact) mass is 665 g/mol. The number of amides is 3. The van der Waals surface area contributed by atoms with Gasteiger partial charge >= 0.3 is 11.0 Å². The summed E-state index contributed by atoms with van der Waals surface area (Å²) in [5.41, 5.74) is 1.65. The van der Waals surface area contributed by atoms with Crippen molar-refractivity contribution < 1.29 is 27.6 Å². The van der Waals surface area contributed by atoms with Crippen LogP contribution in [-0.4, -0.2) is 27.5 Å². The number of alkyl halides is 3. The lowest BCUT2D eigenvalue weighted by Crippen LogP contribution is -2.33. The molecule has 0 saturated carbocycles. The number of nitrogens with zero attached hydrogens (tertiary/aromatic N) is 2. The van der Waals surface area contributed by atoms with Crippen LogP contribution in [0.5, 0.6) is 0 Å². The van der Waals surface area contributed by atoms with Crippen LogP contribution in [-0.2, 0) is 32.5 Å². The molecule has 0 spiro atoms. The van der Waals surface area contributed by atoms with E-state index < -0.39 is 57.7 Å². The molecule has 0 bridgehead atoms. The number of benzene rings is 3. The van der Waals surface area contributed by atoms with Gasteiger partial charge in [-0.15, -0.1) is 0 Å². The SMILES string of the molecule is Cc1ccc(N2C(=O)C3Sc4c(sc(=O)n4CC(=O)Nc4ccccc4C(F)(F)F)[C@H](c4ccc(C(C)(C)C)cc4)C3C2=O)cc1. The van der Waals surface area contributed by atoms with E-state index in [2.05, 4.69) is 26.1 Å². The van der Waals surface area contributed by atoms with Crippen molar-refractivity contribution in [2.24, 2.45) is 5.92 Å². The number of aromatic nitrogens is 1. The molecule has 3 heterocycles. The molecule has 3 atom stereocenters. The Morgan fingerprint density at radius 2 is 1.54 bits per heavy atom. The van der Waals surface area contributed by atoms with Crippen molar-refractivity contribution in [3.8, 4) is 0 Å². The number of halogens is 3. The third-order valence-corrected chi connectivity index (χ3v) is 10.9. The van der Waals surface area contributed by atoms with E-state index in [0.717, 1.165) is 51.9 Å². The summed E-state index contributed by atoms with van der Waals surface area (Å²) in [5, 5.41) is 1.76. The second-order valence-electron chi connectivity index (χ2n) is 12.5. The van der Waals surface area contributed by atoms with Gasteiger partial charge in [-0.3, -0.25) is 23.7 Å². The van der Waals surface area contributed by atoms with Gasteiger partial charge in [0.25, 0.3) is 0 Å². The van der Waals surface area contributed by atoms with Crippen LogP contribution < -0.4 is 15.1 Å². The average Bonchev–Trinajstić information content (AvgIpc) is 3.43. The van der Waals surface area contributed by atoms with Crippen LogP contribution in [0.3, 0.4) is 0 Å². The Morgan fingerprint density at radius 1 is 0.891 bits per heavy atom. The van der Waals surface area contributed by atoms with Crippen LogP contribution in [0.2, 0.25) is 0 Å². The standard InChI is InChI=1S/C34H30F3N3O4S2/c1-18-9-15-21(16-10-18)40-29(42)26-25(19-11-13-20(14-12-19)33(2,3)4)28-31(45-27(26)30(40)43)39(32(44)46-28)17-24(41)38-23-8-6-5-7-22(23)34(35,36)37/h5-16,25-27H,17H2,1-4H3,(H,38,41)/t25-,26?,27?/m1/s1. The molecular weight excluding hydrogens is 636 g/mol. The summed E-state index contributed by atoms with van der Waals surface area (Å²) in [4.78, 5) is 55.8. The smallest absolute Gasteiger partial charge is 0.324 e. The first-order valence-corrected chi connectivity index (χ1v) is 16.3. The average molecular weight is 666 g/mol. The number of anilines is 2. The fourth-order valence-corrected chi connectivity index (χ4v) is 8.70. The topological polar surface area (TPSA) is 88.5 Å². The molecule has 3 amide bonds. The highest BCUT2D eigenvalue weighted by molar-refractivity contribution is 8.00. The van der Waals surface area contributed by atoms with Crippen molar-refractivity contribution in [2.75, 3.05) is 10.2 Å². The normalized spacial score (nSPS) is 19.6. The molecule has 238 valence electrons. The van der Waals surface area contributed by atoms with Crippen LogP contribution in [0.25, 0.3) is 0 Å². The Labute approximate surface area is 271 Å². The van der Waals surface area contributed by atoms with Crippen LogP contribution in [0.4, 0.5) is 24.5 Å². The van der Waals surface area contributed by atoms with E-state index in [1.54, 1.807) is 12.1 Å². The zero-order valence-corrected chi connectivity index (χ0v) is 27.0. The van der Waals surface area contributed by atoms with Crippen LogP contribution >= 0.6 is 23.1 Å². The maximum atomic E-state index is 14.1. The highest BCUT2D eigenvalue weighted by atomic mass is 32.2. The fourth-order valence-electron chi connectivity index (χ4n) is 5.93. The van der Waals surface area contributed by atoms with Crippen molar-refractivity contribution in [1.82, 2.24) is 4.57 Å². The minimum atomic E-state index is -4.69. The molecule has 2 aliphatic heterocycles. The Balaban J connectivity index is 1.41. The molecule has 6 rings (SSSR count). The summed E-state index contributed by atoms with van der Waals surface area (Å²) in [7, 11) is 0. The molecule has 0 radical (unpaired) electrons. The molecule has 1 saturated heterocycles. The quantitative estimate of drug-likeness (QED) is 0.233. The van der Waals surface area contributed by atoms with Crippen molar-refractivity contribution in [1.29, 1.82) is 0 Å². The fraction of sp³-hybridized carbons (Fsp3) is 0.294. The van der Waals surface area contributed by atoms with Crippen molar-refractivity contribution in [3.63, 3.8) is 0 Å². The van der Waals surface area contributed by atoms with E-state index in [1.165, 1.54) is 21.6 Å². The Kier molecular flexibility index (Phi) is 8.00.